The molecule has 0 atom stereocenters. The third-order valence-electron chi connectivity index (χ3n) is 1.21. The number of hydrogen-bond acceptors (Lipinski definition) is 8. The highest BCUT2D eigenvalue weighted by Crippen LogP contribution is 2.08. The van der Waals surface area contributed by atoms with Crippen LogP contribution in [0.2, 0.25) is 0 Å². The third-order valence-corrected chi connectivity index (χ3v) is 1.21. The molecule has 2 aromatic heterocycles. The normalized spacial score (nSPS) is 11.1. The maximum atomic E-state index is 10.7. The Morgan fingerprint density at radius 3 is 1.71 bits per heavy atom. The van der Waals surface area contributed by atoms with Gasteiger partial charge in [-0.25, -0.2) is 0 Å². The van der Waals surface area contributed by atoms with Gasteiger partial charge in [0, 0.05) is 0 Å². The predicted octanol–water partition coefficient (Wildman–Crippen LogP) is -0.655. The van der Waals surface area contributed by atoms with Crippen LogP contribution in [0.1, 0.15) is 0 Å². The van der Waals surface area contributed by atoms with Gasteiger partial charge in [0.1, 0.15) is 0 Å². The number of rotatable bonds is 2. The molecular formula is C4H2N6O4. The van der Waals surface area contributed by atoms with Gasteiger partial charge < -0.3 is 19.7 Å². The molecule has 0 aliphatic heterocycles. The second-order valence-electron chi connectivity index (χ2n) is 2.06. The summed E-state index contributed by atoms with van der Waals surface area (Å²) in [7, 11) is 0. The molecule has 2 aromatic rings. The molecule has 14 heavy (non-hydrogen) atoms. The minimum Gasteiger partial charge on any atom is -0.391 e. The van der Waals surface area contributed by atoms with Crippen LogP contribution in [0, 0.1) is 10.4 Å². The van der Waals surface area contributed by atoms with E-state index in [0.717, 1.165) is 12.4 Å². The zero-order valence-electron chi connectivity index (χ0n) is 6.47. The number of nitrogens with zero attached hydrogens (tertiary/aromatic N) is 6. The molecule has 0 spiro atoms. The van der Waals surface area contributed by atoms with E-state index in [-0.39, 0.29) is 21.4 Å². The maximum Gasteiger partial charge on any atom is 0.376 e. The van der Waals surface area contributed by atoms with Gasteiger partial charge in [-0.15, -0.1) is 0 Å². The van der Waals surface area contributed by atoms with Crippen LogP contribution in [0.4, 0.5) is 11.6 Å². The molecule has 2 rings (SSSR count). The summed E-state index contributed by atoms with van der Waals surface area (Å²) >= 11 is 0. The van der Waals surface area contributed by atoms with Crippen molar-refractivity contribution in [3.05, 3.63) is 22.8 Å². The van der Waals surface area contributed by atoms with Gasteiger partial charge in [-0.3, -0.25) is 0 Å². The van der Waals surface area contributed by atoms with Crippen LogP contribution in [0.5, 0.6) is 0 Å². The fourth-order valence-electron chi connectivity index (χ4n) is 0.632. The van der Waals surface area contributed by atoms with E-state index >= 15 is 0 Å². The molecule has 0 aliphatic carbocycles. The van der Waals surface area contributed by atoms with Crippen molar-refractivity contribution in [1.29, 1.82) is 0 Å². The van der Waals surface area contributed by atoms with Gasteiger partial charge in [0.25, 0.3) is 0 Å². The summed E-state index contributed by atoms with van der Waals surface area (Å²) in [4.78, 5) is 0.0678. The molecule has 10 heteroatoms. The molecule has 72 valence electrons. The van der Waals surface area contributed by atoms with Gasteiger partial charge in [0.05, 0.1) is 10.2 Å². The maximum absolute atomic E-state index is 10.7. The lowest BCUT2D eigenvalue weighted by atomic mass is 10.8. The summed E-state index contributed by atoms with van der Waals surface area (Å²) in [6.45, 7) is 0. The van der Waals surface area contributed by atoms with Crippen molar-refractivity contribution in [2.75, 3.05) is 0 Å². The van der Waals surface area contributed by atoms with Gasteiger partial charge in [0.15, 0.2) is 0 Å². The van der Waals surface area contributed by atoms with E-state index in [2.05, 4.69) is 29.8 Å². The molecule has 2 heterocycles. The molecule has 0 saturated carbocycles. The zero-order valence-corrected chi connectivity index (χ0v) is 6.47. The Morgan fingerprint density at radius 1 is 1.00 bits per heavy atom. The monoisotopic (exact) mass is 198 g/mol. The van der Waals surface area contributed by atoms with Crippen LogP contribution in [0.3, 0.4) is 0 Å². The molecule has 0 bridgehead atoms. The second-order valence-corrected chi connectivity index (χ2v) is 2.06. The van der Waals surface area contributed by atoms with Gasteiger partial charge in [-0.2, -0.15) is 0 Å². The highest BCUT2D eigenvalue weighted by molar-refractivity contribution is 5.16. The van der Waals surface area contributed by atoms with Crippen LogP contribution in [0.25, 0.3) is 0 Å². The summed E-state index contributed by atoms with van der Waals surface area (Å²) < 4.78 is 8.20. The summed E-state index contributed by atoms with van der Waals surface area (Å²) in [5.74, 6) is -0.377. The molecule has 0 N–H and O–H groups in total. The Kier molecular flexibility index (Phi) is 1.78. The van der Waals surface area contributed by atoms with Crippen molar-refractivity contribution in [1.82, 2.24) is 10.3 Å². The van der Waals surface area contributed by atoms with Crippen molar-refractivity contribution in [2.24, 2.45) is 10.2 Å². The van der Waals surface area contributed by atoms with E-state index in [1.807, 2.05) is 0 Å². The smallest absolute Gasteiger partial charge is 0.376 e. The summed E-state index contributed by atoms with van der Waals surface area (Å²) in [6.07, 6.45) is 2.08. The molecular weight excluding hydrogens is 196 g/mol. The lowest BCUT2D eigenvalue weighted by Crippen LogP contribution is -2.23. The number of azo groups is 1. The molecule has 0 aromatic carbocycles. The Hall–Kier alpha value is -2.52. The minimum atomic E-state index is -0.189. The Balaban J connectivity index is 2.23. The van der Waals surface area contributed by atoms with Crippen molar-refractivity contribution in [2.45, 2.75) is 0 Å². The van der Waals surface area contributed by atoms with E-state index < -0.39 is 0 Å². The van der Waals surface area contributed by atoms with Crippen LogP contribution in [-0.4, -0.2) is 10.3 Å². The number of hydrogen-bond donors (Lipinski definition) is 0. The number of aromatic nitrogens is 4. The fraction of sp³-hybridized carbons (Fsp3) is 0. The highest BCUT2D eigenvalue weighted by atomic mass is 16.8. The lowest BCUT2D eigenvalue weighted by molar-refractivity contribution is -0.793. The first-order valence-corrected chi connectivity index (χ1v) is 3.28. The fourth-order valence-corrected chi connectivity index (χ4v) is 0.632. The van der Waals surface area contributed by atoms with Gasteiger partial charge in [-0.05, 0) is 10.3 Å². The Morgan fingerprint density at radius 2 is 1.43 bits per heavy atom. The van der Waals surface area contributed by atoms with Crippen LogP contribution in [-0.2, 0) is 0 Å². The molecule has 0 saturated heterocycles. The average Bonchev–Trinajstić information content (AvgIpc) is 2.72. The van der Waals surface area contributed by atoms with E-state index in [4.69, 9.17) is 0 Å². The lowest BCUT2D eigenvalue weighted by Gasteiger charge is -1.84. The third kappa shape index (κ3) is 1.35. The molecule has 0 radical (unpaired) electrons. The Bertz CT molecular complexity index is 418. The first-order chi connectivity index (χ1) is 6.77. The van der Waals surface area contributed by atoms with E-state index in [1.165, 1.54) is 0 Å². The minimum absolute atomic E-state index is 0.0339. The molecule has 0 amide bonds. The topological polar surface area (TPSA) is 131 Å². The van der Waals surface area contributed by atoms with Crippen molar-refractivity contribution < 1.29 is 19.1 Å². The molecule has 0 unspecified atom stereocenters. The van der Waals surface area contributed by atoms with Crippen LogP contribution < -0.4 is 9.81 Å². The van der Waals surface area contributed by atoms with Crippen LogP contribution in [0.15, 0.2) is 31.9 Å². The summed E-state index contributed by atoms with van der Waals surface area (Å²) in [6, 6.07) is 0. The molecule has 10 nitrogen and oxygen atoms in total. The standard InChI is InChI=1S/C4H2N6O4/c11-9-3(1-5-13-9)7-8-4-2-6-14-10(4)12/h1-2H. The molecule has 0 aliphatic rings. The van der Waals surface area contributed by atoms with Crippen molar-refractivity contribution in [3.63, 3.8) is 0 Å². The van der Waals surface area contributed by atoms with Crippen molar-refractivity contribution in [3.8, 4) is 0 Å². The molecule has 0 fully saturated rings. The SMILES string of the molecule is [O-][n+]1oncc1N=Nc1cno[n+]1[O-]. The van der Waals surface area contributed by atoms with Crippen molar-refractivity contribution >= 4 is 11.6 Å². The van der Waals surface area contributed by atoms with E-state index in [0.29, 0.717) is 0 Å². The van der Waals surface area contributed by atoms with Gasteiger partial charge in [0.2, 0.25) is 12.4 Å². The quantitative estimate of drug-likeness (QED) is 0.465. The second kappa shape index (κ2) is 3.08. The zero-order chi connectivity index (χ0) is 9.97. The van der Waals surface area contributed by atoms with Gasteiger partial charge >= 0.3 is 11.6 Å². The van der Waals surface area contributed by atoms with Crippen LogP contribution >= 0.6 is 0 Å². The van der Waals surface area contributed by atoms with Gasteiger partial charge in [-0.1, -0.05) is 9.81 Å². The highest BCUT2D eigenvalue weighted by Gasteiger charge is 2.12. The first-order valence-electron chi connectivity index (χ1n) is 3.28. The predicted molar refractivity (Wildman–Crippen MR) is 35.1 cm³/mol. The Labute approximate surface area is 75.1 Å². The van der Waals surface area contributed by atoms with E-state index in [1.54, 1.807) is 0 Å². The summed E-state index contributed by atoms with van der Waals surface area (Å²) in [5, 5.41) is 34.4. The first kappa shape index (κ1) is 8.10. The van der Waals surface area contributed by atoms with E-state index in [9.17, 15) is 10.4 Å². The largest absolute Gasteiger partial charge is 0.391 e. The average molecular weight is 198 g/mol. The summed E-state index contributed by atoms with van der Waals surface area (Å²) in [5.41, 5.74) is 0.